The number of fused-ring (bicyclic) bond motifs is 1. The number of unbranched alkanes of at least 4 members (excludes halogenated alkanes) is 2. The van der Waals surface area contributed by atoms with Gasteiger partial charge in [0.2, 0.25) is 5.91 Å². The second-order valence-corrected chi connectivity index (χ2v) is 6.52. The number of benzene rings is 1. The van der Waals surface area contributed by atoms with Crippen LogP contribution in [-0.2, 0) is 17.9 Å². The zero-order valence-corrected chi connectivity index (χ0v) is 18.4. The SMILES string of the molecule is CCCCCNC(=NCCCC(=O)N1Cc2ccccc2C1)NCC.I. The summed E-state index contributed by atoms with van der Waals surface area (Å²) in [6, 6.07) is 8.30. The van der Waals surface area contributed by atoms with Crippen molar-refractivity contribution in [2.24, 2.45) is 4.99 Å². The maximum atomic E-state index is 12.4. The van der Waals surface area contributed by atoms with Crippen LogP contribution in [0.15, 0.2) is 29.3 Å². The molecule has 146 valence electrons. The third-order valence-corrected chi connectivity index (χ3v) is 4.43. The van der Waals surface area contributed by atoms with Crippen LogP contribution in [-0.4, -0.2) is 36.4 Å². The zero-order valence-electron chi connectivity index (χ0n) is 16.1. The highest BCUT2D eigenvalue weighted by atomic mass is 127. The summed E-state index contributed by atoms with van der Waals surface area (Å²) < 4.78 is 0. The van der Waals surface area contributed by atoms with Crippen molar-refractivity contribution < 1.29 is 4.79 Å². The summed E-state index contributed by atoms with van der Waals surface area (Å²) in [6.45, 7) is 8.25. The number of halogens is 1. The molecule has 5 nitrogen and oxygen atoms in total. The Balaban J connectivity index is 0.00000338. The highest BCUT2D eigenvalue weighted by Gasteiger charge is 2.22. The van der Waals surface area contributed by atoms with Crippen molar-refractivity contribution in [3.05, 3.63) is 35.4 Å². The molecule has 0 saturated carbocycles. The Morgan fingerprint density at radius 1 is 1.08 bits per heavy atom. The Kier molecular flexibility index (Phi) is 11.3. The Labute approximate surface area is 175 Å². The molecule has 1 aromatic rings. The van der Waals surface area contributed by atoms with Gasteiger partial charge in [-0.1, -0.05) is 44.0 Å². The van der Waals surface area contributed by atoms with E-state index in [0.29, 0.717) is 13.0 Å². The Morgan fingerprint density at radius 2 is 1.77 bits per heavy atom. The first-order valence-corrected chi connectivity index (χ1v) is 9.61. The maximum Gasteiger partial charge on any atom is 0.223 e. The van der Waals surface area contributed by atoms with E-state index in [0.717, 1.165) is 45.0 Å². The van der Waals surface area contributed by atoms with Gasteiger partial charge in [0.15, 0.2) is 5.96 Å². The van der Waals surface area contributed by atoms with Gasteiger partial charge < -0.3 is 15.5 Å². The average molecular weight is 472 g/mol. The molecule has 26 heavy (non-hydrogen) atoms. The lowest BCUT2D eigenvalue weighted by Crippen LogP contribution is -2.37. The number of nitrogens with one attached hydrogen (secondary N) is 2. The van der Waals surface area contributed by atoms with Crippen LogP contribution in [0.1, 0.15) is 57.1 Å². The summed E-state index contributed by atoms with van der Waals surface area (Å²) in [4.78, 5) is 18.9. The predicted octanol–water partition coefficient (Wildman–Crippen LogP) is 3.67. The van der Waals surface area contributed by atoms with E-state index in [1.165, 1.54) is 24.0 Å². The van der Waals surface area contributed by atoms with Gasteiger partial charge in [0.05, 0.1) is 0 Å². The molecular weight excluding hydrogens is 439 g/mol. The molecule has 2 rings (SSSR count). The van der Waals surface area contributed by atoms with Gasteiger partial charge in [-0.3, -0.25) is 9.79 Å². The third kappa shape index (κ3) is 7.51. The summed E-state index contributed by atoms with van der Waals surface area (Å²) in [6.07, 6.45) is 4.97. The fourth-order valence-electron chi connectivity index (χ4n) is 3.01. The summed E-state index contributed by atoms with van der Waals surface area (Å²) in [5.74, 6) is 1.09. The standard InChI is InChI=1S/C20H32N4O.HI/c1-3-5-8-13-22-20(21-4-2)23-14-9-12-19(25)24-15-17-10-6-7-11-18(17)16-24;/h6-7,10-11H,3-5,8-9,12-16H2,1-2H3,(H2,21,22,23);1H. The molecule has 1 aliphatic rings. The number of amides is 1. The van der Waals surface area contributed by atoms with E-state index in [-0.39, 0.29) is 29.9 Å². The molecule has 0 aliphatic carbocycles. The minimum atomic E-state index is 0. The molecule has 0 radical (unpaired) electrons. The van der Waals surface area contributed by atoms with E-state index in [2.05, 4.69) is 41.6 Å². The highest BCUT2D eigenvalue weighted by molar-refractivity contribution is 14.0. The van der Waals surface area contributed by atoms with Crippen molar-refractivity contribution in [3.8, 4) is 0 Å². The lowest BCUT2D eigenvalue weighted by Gasteiger charge is -2.15. The van der Waals surface area contributed by atoms with Crippen LogP contribution in [0, 0.1) is 0 Å². The topological polar surface area (TPSA) is 56.7 Å². The van der Waals surface area contributed by atoms with Gasteiger partial charge in [0.25, 0.3) is 0 Å². The minimum Gasteiger partial charge on any atom is -0.357 e. The van der Waals surface area contributed by atoms with Gasteiger partial charge >= 0.3 is 0 Å². The van der Waals surface area contributed by atoms with Gasteiger partial charge in [-0.05, 0) is 30.9 Å². The molecule has 0 fully saturated rings. The Hall–Kier alpha value is -1.31. The fourth-order valence-corrected chi connectivity index (χ4v) is 3.01. The summed E-state index contributed by atoms with van der Waals surface area (Å²) >= 11 is 0. The molecule has 1 heterocycles. The van der Waals surface area contributed by atoms with E-state index in [4.69, 9.17) is 0 Å². The van der Waals surface area contributed by atoms with Crippen molar-refractivity contribution in [2.75, 3.05) is 19.6 Å². The molecular formula is C20H33IN4O. The summed E-state index contributed by atoms with van der Waals surface area (Å²) in [5, 5.41) is 6.61. The number of rotatable bonds is 9. The van der Waals surface area contributed by atoms with Gasteiger partial charge in [-0.2, -0.15) is 0 Å². The highest BCUT2D eigenvalue weighted by Crippen LogP contribution is 2.22. The molecule has 0 spiro atoms. The van der Waals surface area contributed by atoms with Crippen molar-refractivity contribution in [1.29, 1.82) is 0 Å². The summed E-state index contributed by atoms with van der Waals surface area (Å²) in [5.41, 5.74) is 2.55. The van der Waals surface area contributed by atoms with Crippen LogP contribution in [0.3, 0.4) is 0 Å². The molecule has 2 N–H and O–H groups in total. The van der Waals surface area contributed by atoms with Crippen LogP contribution < -0.4 is 10.6 Å². The second-order valence-electron chi connectivity index (χ2n) is 6.52. The van der Waals surface area contributed by atoms with Gasteiger partial charge in [0.1, 0.15) is 0 Å². The Bertz CT molecular complexity index is 552. The average Bonchev–Trinajstić information content (AvgIpc) is 3.06. The van der Waals surface area contributed by atoms with E-state index in [1.807, 2.05) is 17.0 Å². The number of aliphatic imine (C=N–C) groups is 1. The minimum absolute atomic E-state index is 0. The van der Waals surface area contributed by atoms with Crippen molar-refractivity contribution >= 4 is 35.8 Å². The normalized spacial score (nSPS) is 13.2. The van der Waals surface area contributed by atoms with Gasteiger partial charge in [-0.15, -0.1) is 24.0 Å². The van der Waals surface area contributed by atoms with Crippen LogP contribution >= 0.6 is 24.0 Å². The molecule has 1 amide bonds. The molecule has 0 unspecified atom stereocenters. The summed E-state index contributed by atoms with van der Waals surface area (Å²) in [7, 11) is 0. The largest absolute Gasteiger partial charge is 0.357 e. The number of carbonyl (C=O) groups is 1. The number of hydrogen-bond acceptors (Lipinski definition) is 2. The second kappa shape index (κ2) is 12.9. The first-order valence-electron chi connectivity index (χ1n) is 9.61. The Morgan fingerprint density at radius 3 is 2.38 bits per heavy atom. The molecule has 1 aromatic carbocycles. The van der Waals surface area contributed by atoms with Crippen LogP contribution in [0.4, 0.5) is 0 Å². The number of guanidine groups is 1. The van der Waals surface area contributed by atoms with E-state index >= 15 is 0 Å². The molecule has 0 saturated heterocycles. The fraction of sp³-hybridized carbons (Fsp3) is 0.600. The number of nitrogens with zero attached hydrogens (tertiary/aromatic N) is 2. The number of carbonyl (C=O) groups excluding carboxylic acids is 1. The third-order valence-electron chi connectivity index (χ3n) is 4.43. The predicted molar refractivity (Wildman–Crippen MR) is 119 cm³/mol. The first kappa shape index (κ1) is 22.7. The van der Waals surface area contributed by atoms with Crippen molar-refractivity contribution in [1.82, 2.24) is 15.5 Å². The van der Waals surface area contributed by atoms with Crippen LogP contribution in [0.25, 0.3) is 0 Å². The quantitative estimate of drug-likeness (QED) is 0.250. The molecule has 0 atom stereocenters. The van der Waals surface area contributed by atoms with Crippen LogP contribution in [0.5, 0.6) is 0 Å². The van der Waals surface area contributed by atoms with Crippen LogP contribution in [0.2, 0.25) is 0 Å². The molecule has 6 heteroatoms. The van der Waals surface area contributed by atoms with Gasteiger partial charge in [-0.25, -0.2) is 0 Å². The van der Waals surface area contributed by atoms with Crippen molar-refractivity contribution in [3.63, 3.8) is 0 Å². The van der Waals surface area contributed by atoms with E-state index in [1.54, 1.807) is 0 Å². The smallest absolute Gasteiger partial charge is 0.223 e. The van der Waals surface area contributed by atoms with E-state index in [9.17, 15) is 4.79 Å². The van der Waals surface area contributed by atoms with E-state index < -0.39 is 0 Å². The zero-order chi connectivity index (χ0) is 17.9. The van der Waals surface area contributed by atoms with Crippen molar-refractivity contribution in [2.45, 2.75) is 59.0 Å². The maximum absolute atomic E-state index is 12.4. The monoisotopic (exact) mass is 472 g/mol. The molecule has 0 aromatic heterocycles. The van der Waals surface area contributed by atoms with Gasteiger partial charge in [0, 0.05) is 39.1 Å². The number of hydrogen-bond donors (Lipinski definition) is 2. The lowest BCUT2D eigenvalue weighted by molar-refractivity contribution is -0.131. The molecule has 0 bridgehead atoms. The molecule has 1 aliphatic heterocycles. The first-order chi connectivity index (χ1) is 12.2. The lowest BCUT2D eigenvalue weighted by atomic mass is 10.1.